The first-order valence-electron chi connectivity index (χ1n) is 6.62. The van der Waals surface area contributed by atoms with Gasteiger partial charge < -0.3 is 10.8 Å². The number of aryl methyl sites for hydroxylation is 1. The predicted molar refractivity (Wildman–Crippen MR) is 77.6 cm³/mol. The van der Waals surface area contributed by atoms with Crippen LogP contribution in [0.15, 0.2) is 11.1 Å². The maximum Gasteiger partial charge on any atom is 0.245 e. The molecule has 1 rings (SSSR count). The lowest BCUT2D eigenvalue weighted by Gasteiger charge is -2.25. The molecule has 0 aliphatic rings. The van der Waals surface area contributed by atoms with E-state index in [1.165, 1.54) is 10.9 Å². The molecule has 0 saturated heterocycles. The van der Waals surface area contributed by atoms with Gasteiger partial charge in [0.2, 0.25) is 10.0 Å². The van der Waals surface area contributed by atoms with E-state index >= 15 is 0 Å². The van der Waals surface area contributed by atoms with Gasteiger partial charge >= 0.3 is 0 Å². The molecule has 0 saturated carbocycles. The molecule has 0 amide bonds. The fraction of sp³-hybridized carbons (Fsp3) is 0.750. The van der Waals surface area contributed by atoms with Gasteiger partial charge in [0, 0.05) is 19.3 Å². The van der Waals surface area contributed by atoms with Crippen LogP contribution >= 0.6 is 0 Å². The van der Waals surface area contributed by atoms with E-state index in [4.69, 9.17) is 5.73 Å². The summed E-state index contributed by atoms with van der Waals surface area (Å²) in [6, 6.07) is 0. The number of sulfonamides is 1. The minimum atomic E-state index is -3.77. The lowest BCUT2D eigenvalue weighted by Crippen LogP contribution is -2.41. The van der Waals surface area contributed by atoms with Crippen molar-refractivity contribution in [3.63, 3.8) is 0 Å². The van der Waals surface area contributed by atoms with Crippen LogP contribution in [0, 0.1) is 5.92 Å². The predicted octanol–water partition coefficient (Wildman–Crippen LogP) is 0.561. The first-order chi connectivity index (χ1) is 9.07. The third-order valence-electron chi connectivity index (χ3n) is 2.86. The third-order valence-corrected chi connectivity index (χ3v) is 4.28. The largest absolute Gasteiger partial charge is 0.389 e. The zero-order valence-corrected chi connectivity index (χ0v) is 13.2. The number of aliphatic hydroxyl groups is 1. The van der Waals surface area contributed by atoms with E-state index in [1.54, 1.807) is 6.92 Å². The molecule has 7 nitrogen and oxygen atoms in total. The maximum absolute atomic E-state index is 12.2. The van der Waals surface area contributed by atoms with Crippen LogP contribution in [-0.4, -0.2) is 35.5 Å². The van der Waals surface area contributed by atoms with Crippen molar-refractivity contribution in [3.8, 4) is 0 Å². The summed E-state index contributed by atoms with van der Waals surface area (Å²) in [6.07, 6.45) is 1.88. The Kier molecular flexibility index (Phi) is 5.17. The van der Waals surface area contributed by atoms with Crippen LogP contribution in [0.3, 0.4) is 0 Å². The lowest BCUT2D eigenvalue weighted by molar-refractivity contribution is 0.0437. The average Bonchev–Trinajstić information content (AvgIpc) is 2.67. The van der Waals surface area contributed by atoms with Crippen LogP contribution in [0.2, 0.25) is 0 Å². The van der Waals surface area contributed by atoms with Crippen molar-refractivity contribution < 1.29 is 13.5 Å². The molecular weight excluding hydrogens is 280 g/mol. The van der Waals surface area contributed by atoms with Gasteiger partial charge in [0.15, 0.2) is 5.82 Å². The Balaban J connectivity index is 2.82. The Bertz CT molecular complexity index is 549. The quantitative estimate of drug-likeness (QED) is 0.682. The van der Waals surface area contributed by atoms with Gasteiger partial charge in [-0.15, -0.1) is 0 Å². The highest BCUT2D eigenvalue weighted by atomic mass is 32.2. The molecule has 1 heterocycles. The second kappa shape index (κ2) is 6.11. The molecule has 1 aromatic heterocycles. The normalized spacial score (nSPS) is 15.5. The molecule has 0 aliphatic carbocycles. The molecule has 4 N–H and O–H groups in total. The molecule has 1 unspecified atom stereocenters. The monoisotopic (exact) mass is 304 g/mol. The highest BCUT2D eigenvalue weighted by Gasteiger charge is 2.27. The standard InChI is InChI=1S/C12H24N4O3S/c1-5-16-7-10(11(13)15-16)20(18,19)14-8-12(4,17)6-9(2)3/h7,9,14,17H,5-6,8H2,1-4H3,(H2,13,15). The Morgan fingerprint density at radius 2 is 2.15 bits per heavy atom. The van der Waals surface area contributed by atoms with Crippen LogP contribution in [0.25, 0.3) is 0 Å². The van der Waals surface area contributed by atoms with Crippen LogP contribution < -0.4 is 10.5 Å². The van der Waals surface area contributed by atoms with E-state index in [0.29, 0.717) is 13.0 Å². The van der Waals surface area contributed by atoms with Gasteiger partial charge in [0.05, 0.1) is 5.60 Å². The zero-order chi connectivity index (χ0) is 15.6. The molecule has 0 fully saturated rings. The maximum atomic E-state index is 12.2. The van der Waals surface area contributed by atoms with Crippen molar-refractivity contribution in [2.75, 3.05) is 12.3 Å². The van der Waals surface area contributed by atoms with Gasteiger partial charge in [-0.05, 0) is 26.2 Å². The first kappa shape index (κ1) is 16.9. The number of nitrogen functional groups attached to an aromatic ring is 1. The van der Waals surface area contributed by atoms with E-state index in [0.717, 1.165) is 0 Å². The van der Waals surface area contributed by atoms with Gasteiger partial charge in [-0.3, -0.25) is 4.68 Å². The number of anilines is 1. The summed E-state index contributed by atoms with van der Waals surface area (Å²) in [5, 5.41) is 14.0. The molecule has 1 aromatic rings. The minimum Gasteiger partial charge on any atom is -0.389 e. The highest BCUT2D eigenvalue weighted by molar-refractivity contribution is 7.89. The Labute approximate surface area is 120 Å². The number of aromatic nitrogens is 2. The second-order valence-electron chi connectivity index (χ2n) is 5.65. The summed E-state index contributed by atoms with van der Waals surface area (Å²) in [7, 11) is -3.77. The second-order valence-corrected chi connectivity index (χ2v) is 7.39. The Hall–Kier alpha value is -1.12. The average molecular weight is 304 g/mol. The van der Waals surface area contributed by atoms with Crippen LogP contribution in [-0.2, 0) is 16.6 Å². The van der Waals surface area contributed by atoms with Crippen molar-refractivity contribution >= 4 is 15.8 Å². The highest BCUT2D eigenvalue weighted by Crippen LogP contribution is 2.19. The lowest BCUT2D eigenvalue weighted by atomic mass is 9.95. The van der Waals surface area contributed by atoms with Crippen molar-refractivity contribution in [2.45, 2.75) is 51.2 Å². The fourth-order valence-corrected chi connectivity index (χ4v) is 3.30. The Morgan fingerprint density at radius 1 is 1.55 bits per heavy atom. The van der Waals surface area contributed by atoms with Crippen LogP contribution in [0.4, 0.5) is 5.82 Å². The summed E-state index contributed by atoms with van der Waals surface area (Å²) < 4.78 is 28.2. The first-order valence-corrected chi connectivity index (χ1v) is 8.10. The molecule has 20 heavy (non-hydrogen) atoms. The van der Waals surface area contributed by atoms with Crippen molar-refractivity contribution in [1.82, 2.24) is 14.5 Å². The molecule has 0 bridgehead atoms. The third kappa shape index (κ3) is 4.46. The summed E-state index contributed by atoms with van der Waals surface area (Å²) >= 11 is 0. The molecule has 116 valence electrons. The number of nitrogens with two attached hydrogens (primary N) is 1. The summed E-state index contributed by atoms with van der Waals surface area (Å²) in [6.45, 7) is 7.84. The molecule has 1 atom stereocenters. The number of hydrogen-bond donors (Lipinski definition) is 3. The van der Waals surface area contributed by atoms with E-state index in [9.17, 15) is 13.5 Å². The van der Waals surface area contributed by atoms with E-state index in [-0.39, 0.29) is 23.2 Å². The van der Waals surface area contributed by atoms with Gasteiger partial charge in [0.1, 0.15) is 4.90 Å². The summed E-state index contributed by atoms with van der Waals surface area (Å²) in [5.41, 5.74) is 4.51. The zero-order valence-electron chi connectivity index (χ0n) is 12.4. The fourth-order valence-electron chi connectivity index (χ4n) is 2.07. The van der Waals surface area contributed by atoms with Gasteiger partial charge in [-0.1, -0.05) is 13.8 Å². The smallest absolute Gasteiger partial charge is 0.245 e. The molecule has 0 spiro atoms. The SMILES string of the molecule is CCn1cc(S(=O)(=O)NCC(C)(O)CC(C)C)c(N)n1. The van der Waals surface area contributed by atoms with Crippen molar-refractivity contribution in [2.24, 2.45) is 5.92 Å². The Morgan fingerprint density at radius 3 is 2.60 bits per heavy atom. The van der Waals surface area contributed by atoms with E-state index in [2.05, 4.69) is 9.82 Å². The van der Waals surface area contributed by atoms with Gasteiger partial charge in [0.25, 0.3) is 0 Å². The number of hydrogen-bond acceptors (Lipinski definition) is 5. The molecular formula is C12H24N4O3S. The van der Waals surface area contributed by atoms with E-state index in [1.807, 2.05) is 20.8 Å². The number of rotatable bonds is 7. The molecule has 8 heteroatoms. The summed E-state index contributed by atoms with van der Waals surface area (Å²) in [4.78, 5) is -0.0558. The van der Waals surface area contributed by atoms with E-state index < -0.39 is 15.6 Å². The van der Waals surface area contributed by atoms with Gasteiger partial charge in [-0.25, -0.2) is 13.1 Å². The molecule has 0 radical (unpaired) electrons. The summed E-state index contributed by atoms with van der Waals surface area (Å²) in [5.74, 6) is 0.227. The minimum absolute atomic E-state index is 0.0390. The number of nitrogens with zero attached hydrogens (tertiary/aromatic N) is 2. The number of nitrogens with one attached hydrogen (secondary N) is 1. The topological polar surface area (TPSA) is 110 Å². The molecule has 0 aliphatic heterocycles. The van der Waals surface area contributed by atoms with Gasteiger partial charge in [-0.2, -0.15) is 5.10 Å². The van der Waals surface area contributed by atoms with Crippen molar-refractivity contribution in [3.05, 3.63) is 6.20 Å². The van der Waals surface area contributed by atoms with Crippen molar-refractivity contribution in [1.29, 1.82) is 0 Å². The van der Waals surface area contributed by atoms with Crippen LogP contribution in [0.5, 0.6) is 0 Å². The van der Waals surface area contributed by atoms with Crippen LogP contribution in [0.1, 0.15) is 34.1 Å². The molecule has 0 aromatic carbocycles.